The van der Waals surface area contributed by atoms with Gasteiger partial charge in [-0.25, -0.2) is 0 Å². The maximum absolute atomic E-state index is 6.04. The molecular formula is C15H18ClNS. The first-order valence-electron chi connectivity index (χ1n) is 6.21. The van der Waals surface area contributed by atoms with Gasteiger partial charge in [-0.05, 0) is 50.1 Å². The number of aryl methyl sites for hydroxylation is 2. The van der Waals surface area contributed by atoms with E-state index in [0.29, 0.717) is 6.04 Å². The van der Waals surface area contributed by atoms with E-state index in [4.69, 9.17) is 11.6 Å². The molecule has 18 heavy (non-hydrogen) atoms. The van der Waals surface area contributed by atoms with Gasteiger partial charge in [-0.3, -0.25) is 0 Å². The largest absolute Gasteiger partial charge is 0.377 e. The van der Waals surface area contributed by atoms with Gasteiger partial charge < -0.3 is 5.32 Å². The number of halogens is 1. The fraction of sp³-hybridized carbons (Fsp3) is 0.333. The Morgan fingerprint density at radius 2 is 2.06 bits per heavy atom. The van der Waals surface area contributed by atoms with E-state index in [9.17, 15) is 0 Å². The smallest absolute Gasteiger partial charge is 0.0578 e. The highest BCUT2D eigenvalue weighted by molar-refractivity contribution is 7.12. The molecule has 2 aromatic rings. The van der Waals surface area contributed by atoms with Gasteiger partial charge in [-0.2, -0.15) is 0 Å². The molecule has 0 bridgehead atoms. The lowest BCUT2D eigenvalue weighted by Gasteiger charge is -2.16. The highest BCUT2D eigenvalue weighted by atomic mass is 35.5. The topological polar surface area (TPSA) is 12.0 Å². The summed E-state index contributed by atoms with van der Waals surface area (Å²) in [7, 11) is 0. The molecule has 1 nitrogen and oxygen atoms in total. The lowest BCUT2D eigenvalue weighted by atomic mass is 10.1. The lowest BCUT2D eigenvalue weighted by Crippen LogP contribution is -2.05. The molecule has 1 aromatic carbocycles. The molecule has 1 heterocycles. The number of hydrogen-bond donors (Lipinski definition) is 1. The second kappa shape index (κ2) is 5.77. The van der Waals surface area contributed by atoms with Gasteiger partial charge in [0.1, 0.15) is 0 Å². The number of rotatable bonds is 4. The van der Waals surface area contributed by atoms with Crippen LogP contribution in [0.1, 0.15) is 35.2 Å². The van der Waals surface area contributed by atoms with Crippen LogP contribution < -0.4 is 5.32 Å². The summed E-state index contributed by atoms with van der Waals surface area (Å²) < 4.78 is 0. The molecule has 3 heteroatoms. The quantitative estimate of drug-likeness (QED) is 0.785. The molecular weight excluding hydrogens is 262 g/mol. The van der Waals surface area contributed by atoms with Gasteiger partial charge in [0.05, 0.1) is 6.04 Å². The Labute approximate surface area is 118 Å². The van der Waals surface area contributed by atoms with Crippen LogP contribution in [0.5, 0.6) is 0 Å². The van der Waals surface area contributed by atoms with Gasteiger partial charge in [-0.15, -0.1) is 11.3 Å². The van der Waals surface area contributed by atoms with E-state index in [-0.39, 0.29) is 0 Å². The Morgan fingerprint density at radius 1 is 1.28 bits per heavy atom. The van der Waals surface area contributed by atoms with E-state index in [1.54, 1.807) is 0 Å². The summed E-state index contributed by atoms with van der Waals surface area (Å²) in [5.74, 6) is 0. The number of benzene rings is 1. The van der Waals surface area contributed by atoms with Crippen LogP contribution in [0.2, 0.25) is 5.02 Å². The first-order valence-corrected chi connectivity index (χ1v) is 7.41. The van der Waals surface area contributed by atoms with E-state index in [2.05, 4.69) is 38.2 Å². The van der Waals surface area contributed by atoms with E-state index < -0.39 is 0 Å². The molecule has 1 N–H and O–H groups in total. The first-order chi connectivity index (χ1) is 8.60. The maximum atomic E-state index is 6.04. The van der Waals surface area contributed by atoms with Crippen molar-refractivity contribution < 1.29 is 0 Å². The Hall–Kier alpha value is -0.990. The molecule has 1 unspecified atom stereocenters. The van der Waals surface area contributed by atoms with Crippen molar-refractivity contribution in [2.75, 3.05) is 5.32 Å². The summed E-state index contributed by atoms with van der Waals surface area (Å²) in [6.45, 7) is 6.47. The Kier molecular flexibility index (Phi) is 4.31. The van der Waals surface area contributed by atoms with Crippen LogP contribution in [-0.4, -0.2) is 0 Å². The molecule has 96 valence electrons. The van der Waals surface area contributed by atoms with Crippen molar-refractivity contribution in [2.24, 2.45) is 0 Å². The third kappa shape index (κ3) is 3.06. The Morgan fingerprint density at radius 3 is 2.72 bits per heavy atom. The number of hydrogen-bond acceptors (Lipinski definition) is 2. The molecule has 1 atom stereocenters. The standard InChI is InChI=1S/C15H18ClNS/c1-4-13-7-8-15(18-13)11(3)17-14-9-12(16)6-5-10(14)2/h5-9,11,17H,4H2,1-3H3. The van der Waals surface area contributed by atoms with Crippen molar-refractivity contribution in [3.05, 3.63) is 50.7 Å². The lowest BCUT2D eigenvalue weighted by molar-refractivity contribution is 0.905. The summed E-state index contributed by atoms with van der Waals surface area (Å²) in [6, 6.07) is 10.7. The zero-order valence-electron chi connectivity index (χ0n) is 11.0. The van der Waals surface area contributed by atoms with Gasteiger partial charge in [0.2, 0.25) is 0 Å². The van der Waals surface area contributed by atoms with Gasteiger partial charge in [-0.1, -0.05) is 24.6 Å². The van der Waals surface area contributed by atoms with Crippen molar-refractivity contribution in [2.45, 2.75) is 33.2 Å². The van der Waals surface area contributed by atoms with Crippen LogP contribution in [0.4, 0.5) is 5.69 Å². The summed E-state index contributed by atoms with van der Waals surface area (Å²) in [5.41, 5.74) is 2.33. The molecule has 1 aromatic heterocycles. The molecule has 0 amide bonds. The molecule has 0 saturated heterocycles. The number of thiophene rings is 1. The Bertz CT molecular complexity index is 533. The van der Waals surface area contributed by atoms with Crippen molar-refractivity contribution in [1.82, 2.24) is 0 Å². The normalized spacial score (nSPS) is 12.4. The SMILES string of the molecule is CCc1ccc(C(C)Nc2cc(Cl)ccc2C)s1. The molecule has 0 aliphatic heterocycles. The second-order valence-electron chi connectivity index (χ2n) is 4.48. The predicted octanol–water partition coefficient (Wildman–Crippen LogP) is 5.45. The molecule has 0 saturated carbocycles. The average Bonchev–Trinajstić information content (AvgIpc) is 2.82. The molecule has 0 fully saturated rings. The molecule has 0 radical (unpaired) electrons. The third-order valence-corrected chi connectivity index (χ3v) is 4.68. The zero-order chi connectivity index (χ0) is 13.1. The molecule has 0 spiro atoms. The minimum absolute atomic E-state index is 0.312. The van der Waals surface area contributed by atoms with Gasteiger partial charge >= 0.3 is 0 Å². The van der Waals surface area contributed by atoms with Crippen LogP contribution in [0.3, 0.4) is 0 Å². The van der Waals surface area contributed by atoms with Gasteiger partial charge in [0.25, 0.3) is 0 Å². The monoisotopic (exact) mass is 279 g/mol. The minimum Gasteiger partial charge on any atom is -0.377 e. The summed E-state index contributed by atoms with van der Waals surface area (Å²) in [4.78, 5) is 2.80. The van der Waals surface area contributed by atoms with Crippen LogP contribution in [-0.2, 0) is 6.42 Å². The first kappa shape index (κ1) is 13.4. The van der Waals surface area contributed by atoms with Crippen LogP contribution in [0.25, 0.3) is 0 Å². The second-order valence-corrected chi connectivity index (χ2v) is 6.12. The van der Waals surface area contributed by atoms with Crippen molar-refractivity contribution in [3.63, 3.8) is 0 Å². The highest BCUT2D eigenvalue weighted by Crippen LogP contribution is 2.29. The van der Waals surface area contributed by atoms with Gasteiger partial charge in [0, 0.05) is 20.5 Å². The number of nitrogens with one attached hydrogen (secondary N) is 1. The minimum atomic E-state index is 0.312. The summed E-state index contributed by atoms with van der Waals surface area (Å²) >= 11 is 7.91. The average molecular weight is 280 g/mol. The van der Waals surface area contributed by atoms with E-state index >= 15 is 0 Å². The molecule has 0 aliphatic carbocycles. The highest BCUT2D eigenvalue weighted by Gasteiger charge is 2.09. The zero-order valence-corrected chi connectivity index (χ0v) is 12.5. The maximum Gasteiger partial charge on any atom is 0.0578 e. The van der Waals surface area contributed by atoms with Crippen LogP contribution >= 0.6 is 22.9 Å². The Balaban J connectivity index is 2.15. The van der Waals surface area contributed by atoms with E-state index in [0.717, 1.165) is 17.1 Å². The predicted molar refractivity (Wildman–Crippen MR) is 81.9 cm³/mol. The molecule has 0 aliphatic rings. The van der Waals surface area contributed by atoms with Crippen LogP contribution in [0.15, 0.2) is 30.3 Å². The fourth-order valence-corrected chi connectivity index (χ4v) is 3.00. The summed E-state index contributed by atoms with van der Waals surface area (Å²) in [5, 5.41) is 4.30. The summed E-state index contributed by atoms with van der Waals surface area (Å²) in [6.07, 6.45) is 1.10. The van der Waals surface area contributed by atoms with Crippen LogP contribution in [0, 0.1) is 6.92 Å². The van der Waals surface area contributed by atoms with E-state index in [1.165, 1.54) is 15.3 Å². The van der Waals surface area contributed by atoms with Crippen molar-refractivity contribution in [1.29, 1.82) is 0 Å². The third-order valence-electron chi connectivity index (χ3n) is 3.03. The van der Waals surface area contributed by atoms with E-state index in [1.807, 2.05) is 29.5 Å². The van der Waals surface area contributed by atoms with Crippen molar-refractivity contribution in [3.8, 4) is 0 Å². The fourth-order valence-electron chi connectivity index (χ4n) is 1.87. The van der Waals surface area contributed by atoms with Crippen molar-refractivity contribution >= 4 is 28.6 Å². The van der Waals surface area contributed by atoms with Gasteiger partial charge in [0.15, 0.2) is 0 Å². The molecule has 2 rings (SSSR count). The number of anilines is 1.